The Morgan fingerprint density at radius 3 is 2.93 bits per heavy atom. The van der Waals surface area contributed by atoms with Crippen LogP contribution in [0.4, 0.5) is 0 Å². The van der Waals surface area contributed by atoms with Crippen LogP contribution in [0, 0.1) is 5.92 Å². The van der Waals surface area contributed by atoms with Gasteiger partial charge in [-0.1, -0.05) is 0 Å². The molecule has 2 heterocycles. The van der Waals surface area contributed by atoms with Crippen molar-refractivity contribution in [3.05, 3.63) is 0 Å². The number of rotatable bonds is 3. The Morgan fingerprint density at radius 2 is 2.33 bits per heavy atom. The molecular weight excluding hydrogens is 196 g/mol. The third-order valence-electron chi connectivity index (χ3n) is 2.97. The fourth-order valence-electron chi connectivity index (χ4n) is 1.96. The Morgan fingerprint density at radius 1 is 1.53 bits per heavy atom. The number of carbonyl (C=O) groups excluding carboxylic acids is 1. The highest BCUT2D eigenvalue weighted by Gasteiger charge is 2.31. The van der Waals surface area contributed by atoms with Crippen LogP contribution in [0.15, 0.2) is 0 Å². The quantitative estimate of drug-likeness (QED) is 0.620. The molecule has 2 N–H and O–H groups in total. The van der Waals surface area contributed by atoms with E-state index in [1.165, 1.54) is 0 Å². The van der Waals surface area contributed by atoms with Crippen LogP contribution in [0.1, 0.15) is 6.42 Å². The zero-order valence-electron chi connectivity index (χ0n) is 8.82. The van der Waals surface area contributed by atoms with Crippen LogP contribution in [0.2, 0.25) is 0 Å². The predicted octanol–water partition coefficient (Wildman–Crippen LogP) is -1.18. The lowest BCUT2D eigenvalue weighted by Crippen LogP contribution is -2.53. The third kappa shape index (κ3) is 2.68. The highest BCUT2D eigenvalue weighted by atomic mass is 16.5. The number of aliphatic hydroxyl groups excluding tert-OH is 1. The lowest BCUT2D eigenvalue weighted by atomic mass is 10.0. The van der Waals surface area contributed by atoms with Crippen molar-refractivity contribution in [2.75, 3.05) is 39.4 Å². The molecule has 2 fully saturated rings. The topological polar surface area (TPSA) is 61.8 Å². The maximum atomic E-state index is 11.7. The van der Waals surface area contributed by atoms with Gasteiger partial charge in [0.1, 0.15) is 0 Å². The van der Waals surface area contributed by atoms with Crippen molar-refractivity contribution in [1.29, 1.82) is 0 Å². The molecular formula is C10H18N2O3. The number of morpholine rings is 1. The van der Waals surface area contributed by atoms with E-state index in [9.17, 15) is 4.79 Å². The normalized spacial score (nSPS) is 27.5. The van der Waals surface area contributed by atoms with Gasteiger partial charge in [0.05, 0.1) is 19.1 Å². The molecule has 0 saturated carbocycles. The molecule has 0 aromatic heterocycles. The van der Waals surface area contributed by atoms with Gasteiger partial charge in [-0.3, -0.25) is 4.79 Å². The molecule has 2 saturated heterocycles. The monoisotopic (exact) mass is 214 g/mol. The Balaban J connectivity index is 1.68. The van der Waals surface area contributed by atoms with E-state index in [0.717, 1.165) is 13.1 Å². The first-order chi connectivity index (χ1) is 7.29. The molecule has 0 aliphatic carbocycles. The van der Waals surface area contributed by atoms with Crippen LogP contribution in [-0.2, 0) is 9.53 Å². The smallest absolute Gasteiger partial charge is 0.225 e. The summed E-state index contributed by atoms with van der Waals surface area (Å²) in [6, 6.07) is 0. The van der Waals surface area contributed by atoms with Gasteiger partial charge in [0, 0.05) is 38.7 Å². The second-order valence-corrected chi connectivity index (χ2v) is 4.25. The summed E-state index contributed by atoms with van der Waals surface area (Å²) in [7, 11) is 0. The Labute approximate surface area is 89.4 Å². The minimum atomic E-state index is 0.0272. The average molecular weight is 214 g/mol. The van der Waals surface area contributed by atoms with Crippen molar-refractivity contribution >= 4 is 5.91 Å². The zero-order valence-corrected chi connectivity index (χ0v) is 8.82. The van der Waals surface area contributed by atoms with Crippen molar-refractivity contribution in [1.82, 2.24) is 10.2 Å². The number of amides is 1. The van der Waals surface area contributed by atoms with Crippen LogP contribution in [-0.4, -0.2) is 61.4 Å². The van der Waals surface area contributed by atoms with Crippen LogP contribution < -0.4 is 5.32 Å². The highest BCUT2D eigenvalue weighted by molar-refractivity contribution is 5.77. The fraction of sp³-hybridized carbons (Fsp3) is 0.900. The Hall–Kier alpha value is -0.650. The predicted molar refractivity (Wildman–Crippen MR) is 54.4 cm³/mol. The van der Waals surface area contributed by atoms with E-state index < -0.39 is 0 Å². The standard InChI is InChI=1S/C10H18N2O3/c13-7-8-5-12(6-8)10(14)3-9-4-11-1-2-15-9/h8-9,11,13H,1-7H2. The maximum Gasteiger partial charge on any atom is 0.225 e. The summed E-state index contributed by atoms with van der Waals surface area (Å²) in [5.41, 5.74) is 0. The number of nitrogens with one attached hydrogen (secondary N) is 1. The number of aliphatic hydroxyl groups is 1. The summed E-state index contributed by atoms with van der Waals surface area (Å²) >= 11 is 0. The molecule has 2 rings (SSSR count). The Bertz CT molecular complexity index is 223. The summed E-state index contributed by atoms with van der Waals surface area (Å²) in [5.74, 6) is 0.438. The number of ether oxygens (including phenoxy) is 1. The van der Waals surface area contributed by atoms with E-state index >= 15 is 0 Å². The molecule has 5 heteroatoms. The van der Waals surface area contributed by atoms with E-state index in [0.29, 0.717) is 32.0 Å². The number of hydrogen-bond acceptors (Lipinski definition) is 4. The van der Waals surface area contributed by atoms with Crippen LogP contribution in [0.3, 0.4) is 0 Å². The minimum Gasteiger partial charge on any atom is -0.396 e. The zero-order chi connectivity index (χ0) is 10.7. The van der Waals surface area contributed by atoms with E-state index in [1.807, 2.05) is 0 Å². The first-order valence-electron chi connectivity index (χ1n) is 5.50. The number of carbonyl (C=O) groups is 1. The van der Waals surface area contributed by atoms with Gasteiger partial charge in [-0.05, 0) is 0 Å². The van der Waals surface area contributed by atoms with Crippen molar-refractivity contribution in [2.24, 2.45) is 5.92 Å². The SMILES string of the molecule is O=C(CC1CNCCO1)N1CC(CO)C1. The largest absolute Gasteiger partial charge is 0.396 e. The number of nitrogens with zero attached hydrogens (tertiary/aromatic N) is 1. The second-order valence-electron chi connectivity index (χ2n) is 4.25. The molecule has 5 nitrogen and oxygen atoms in total. The molecule has 0 spiro atoms. The lowest BCUT2D eigenvalue weighted by molar-refractivity contribution is -0.141. The van der Waals surface area contributed by atoms with Crippen molar-refractivity contribution < 1.29 is 14.6 Å². The van der Waals surface area contributed by atoms with E-state index in [2.05, 4.69) is 5.32 Å². The van der Waals surface area contributed by atoms with E-state index in [-0.39, 0.29) is 18.6 Å². The third-order valence-corrected chi connectivity index (χ3v) is 2.97. The van der Waals surface area contributed by atoms with Gasteiger partial charge in [0.25, 0.3) is 0 Å². The van der Waals surface area contributed by atoms with Crippen molar-refractivity contribution in [2.45, 2.75) is 12.5 Å². The Kier molecular flexibility index (Phi) is 3.56. The highest BCUT2D eigenvalue weighted by Crippen LogP contribution is 2.17. The number of likely N-dealkylation sites (tertiary alicyclic amines) is 1. The molecule has 2 aliphatic heterocycles. The van der Waals surface area contributed by atoms with E-state index in [4.69, 9.17) is 9.84 Å². The fourth-order valence-corrected chi connectivity index (χ4v) is 1.96. The van der Waals surface area contributed by atoms with Gasteiger partial charge in [0.15, 0.2) is 0 Å². The van der Waals surface area contributed by atoms with Crippen LogP contribution >= 0.6 is 0 Å². The van der Waals surface area contributed by atoms with Crippen LogP contribution in [0.5, 0.6) is 0 Å². The molecule has 0 radical (unpaired) electrons. The molecule has 1 unspecified atom stereocenters. The van der Waals surface area contributed by atoms with Gasteiger partial charge in [-0.25, -0.2) is 0 Å². The summed E-state index contributed by atoms with van der Waals surface area (Å²) in [5, 5.41) is 12.0. The molecule has 86 valence electrons. The minimum absolute atomic E-state index is 0.0272. The summed E-state index contributed by atoms with van der Waals surface area (Å²) in [6.45, 7) is 3.93. The molecule has 0 bridgehead atoms. The lowest BCUT2D eigenvalue weighted by Gasteiger charge is -2.39. The second kappa shape index (κ2) is 4.92. The molecule has 1 atom stereocenters. The summed E-state index contributed by atoms with van der Waals surface area (Å²) in [4.78, 5) is 13.5. The van der Waals surface area contributed by atoms with Gasteiger partial charge < -0.3 is 20.1 Å². The van der Waals surface area contributed by atoms with Gasteiger partial charge >= 0.3 is 0 Å². The molecule has 2 aliphatic rings. The summed E-state index contributed by atoms with van der Waals surface area (Å²) < 4.78 is 5.46. The van der Waals surface area contributed by atoms with E-state index in [1.54, 1.807) is 4.90 Å². The summed E-state index contributed by atoms with van der Waals surface area (Å²) in [6.07, 6.45) is 0.491. The maximum absolute atomic E-state index is 11.7. The van der Waals surface area contributed by atoms with Gasteiger partial charge in [0.2, 0.25) is 5.91 Å². The molecule has 0 aromatic carbocycles. The van der Waals surface area contributed by atoms with Gasteiger partial charge in [-0.15, -0.1) is 0 Å². The van der Waals surface area contributed by atoms with Crippen LogP contribution in [0.25, 0.3) is 0 Å². The van der Waals surface area contributed by atoms with Crippen molar-refractivity contribution in [3.8, 4) is 0 Å². The van der Waals surface area contributed by atoms with Gasteiger partial charge in [-0.2, -0.15) is 0 Å². The molecule has 0 aromatic rings. The van der Waals surface area contributed by atoms with Crippen molar-refractivity contribution in [3.63, 3.8) is 0 Å². The average Bonchev–Trinajstić information content (AvgIpc) is 2.17. The first-order valence-corrected chi connectivity index (χ1v) is 5.50. The molecule has 1 amide bonds. The molecule has 15 heavy (non-hydrogen) atoms. The first kappa shape index (κ1) is 10.9. The number of hydrogen-bond donors (Lipinski definition) is 2.